The van der Waals surface area contributed by atoms with E-state index in [9.17, 15) is 18.8 Å². The molecule has 2 aromatic rings. The molecule has 3 heterocycles. The molecule has 0 spiro atoms. The summed E-state index contributed by atoms with van der Waals surface area (Å²) >= 11 is 0. The molecule has 8 nitrogen and oxygen atoms in total. The molecule has 2 aliphatic rings. The number of pyridine rings is 1. The molecule has 168 valence electrons. The maximum Gasteiger partial charge on any atom is 0.322 e. The molecule has 1 aromatic heterocycles. The number of alkyl halides is 1. The van der Waals surface area contributed by atoms with Crippen LogP contribution in [0, 0.1) is 13.8 Å². The molecule has 1 aromatic carbocycles. The van der Waals surface area contributed by atoms with Crippen LogP contribution in [0.15, 0.2) is 36.5 Å². The number of urea groups is 1. The average molecular weight is 439 g/mol. The summed E-state index contributed by atoms with van der Waals surface area (Å²) < 4.78 is 13.7. The van der Waals surface area contributed by atoms with E-state index in [-0.39, 0.29) is 11.9 Å². The fraction of sp³-hybridized carbons (Fsp3) is 0.391. The predicted molar refractivity (Wildman–Crippen MR) is 117 cm³/mol. The second kappa shape index (κ2) is 8.22. The highest BCUT2D eigenvalue weighted by Crippen LogP contribution is 2.27. The maximum absolute atomic E-state index is 13.7. The zero-order valence-corrected chi connectivity index (χ0v) is 18.3. The number of carbonyl (C=O) groups excluding carboxylic acids is 3. The highest BCUT2D eigenvalue weighted by Gasteiger charge is 2.48. The van der Waals surface area contributed by atoms with E-state index in [1.54, 1.807) is 12.1 Å². The maximum atomic E-state index is 13.7. The van der Waals surface area contributed by atoms with E-state index in [2.05, 4.69) is 26.6 Å². The number of hydrogen-bond acceptors (Lipinski definition) is 5. The van der Waals surface area contributed by atoms with Gasteiger partial charge in [-0.15, -0.1) is 0 Å². The van der Waals surface area contributed by atoms with Crippen molar-refractivity contribution in [1.82, 2.24) is 20.5 Å². The summed E-state index contributed by atoms with van der Waals surface area (Å²) in [6.07, 6.45) is 1.85. The Hall–Kier alpha value is -3.49. The van der Waals surface area contributed by atoms with Gasteiger partial charge in [-0.1, -0.05) is 18.2 Å². The van der Waals surface area contributed by atoms with Crippen LogP contribution >= 0.6 is 0 Å². The Morgan fingerprint density at radius 1 is 1.22 bits per heavy atom. The number of halogens is 1. The lowest BCUT2D eigenvalue weighted by Gasteiger charge is -2.41. The first kappa shape index (κ1) is 21.7. The lowest BCUT2D eigenvalue weighted by Crippen LogP contribution is -2.54. The SMILES string of the molecule is Cc1cnc(N2CCN(C(=O)c3ccc(C4(CF)NC(=O)NC4=O)cc3)[C@@H](C)C2)c(C)c1. The van der Waals surface area contributed by atoms with E-state index in [4.69, 9.17) is 0 Å². The van der Waals surface area contributed by atoms with Crippen molar-refractivity contribution in [1.29, 1.82) is 0 Å². The molecule has 2 N–H and O–H groups in total. The summed E-state index contributed by atoms with van der Waals surface area (Å²) in [4.78, 5) is 45.3. The quantitative estimate of drug-likeness (QED) is 0.711. The van der Waals surface area contributed by atoms with E-state index in [0.717, 1.165) is 16.9 Å². The summed E-state index contributed by atoms with van der Waals surface area (Å²) in [6.45, 7) is 6.85. The normalized spacial score (nSPS) is 23.2. The van der Waals surface area contributed by atoms with Crippen LogP contribution in [0.3, 0.4) is 0 Å². The van der Waals surface area contributed by atoms with Crippen molar-refractivity contribution in [3.63, 3.8) is 0 Å². The smallest absolute Gasteiger partial charge is 0.322 e. The van der Waals surface area contributed by atoms with E-state index in [1.807, 2.05) is 31.9 Å². The molecule has 0 saturated carbocycles. The molecule has 9 heteroatoms. The summed E-state index contributed by atoms with van der Waals surface area (Å²) in [5.74, 6) is 0.0626. The van der Waals surface area contributed by atoms with Gasteiger partial charge in [0.2, 0.25) is 0 Å². The number of benzene rings is 1. The van der Waals surface area contributed by atoms with Gasteiger partial charge in [-0.05, 0) is 49.6 Å². The zero-order chi connectivity index (χ0) is 23.0. The van der Waals surface area contributed by atoms with E-state index < -0.39 is 24.2 Å². The molecule has 2 fully saturated rings. The summed E-state index contributed by atoms with van der Waals surface area (Å²) in [5, 5.41) is 4.41. The number of hydrogen-bond donors (Lipinski definition) is 2. The standard InChI is InChI=1S/C23H26FN5O3/c1-14-10-15(2)19(25-11-14)28-8-9-29(16(3)12-28)20(30)17-4-6-18(7-5-17)23(13-24)21(31)26-22(32)27-23/h4-7,10-11,16H,8-9,12-13H2,1-3H3,(H2,26,27,31,32)/t16-,23?/m0/s1. The molecular formula is C23H26FN5O3. The Balaban J connectivity index is 1.48. The van der Waals surface area contributed by atoms with Crippen LogP contribution in [0.4, 0.5) is 15.0 Å². The second-order valence-corrected chi connectivity index (χ2v) is 8.47. The van der Waals surface area contributed by atoms with Crippen LogP contribution < -0.4 is 15.5 Å². The fourth-order valence-corrected chi connectivity index (χ4v) is 4.42. The van der Waals surface area contributed by atoms with Gasteiger partial charge >= 0.3 is 6.03 Å². The molecule has 1 unspecified atom stereocenters. The van der Waals surface area contributed by atoms with Gasteiger partial charge in [0.25, 0.3) is 11.8 Å². The van der Waals surface area contributed by atoms with Crippen LogP contribution in [-0.4, -0.2) is 60.1 Å². The third kappa shape index (κ3) is 3.68. The Morgan fingerprint density at radius 3 is 2.50 bits per heavy atom. The number of amides is 4. The molecule has 0 radical (unpaired) electrons. The molecule has 4 rings (SSSR count). The van der Waals surface area contributed by atoms with Crippen LogP contribution in [-0.2, 0) is 10.3 Å². The summed E-state index contributed by atoms with van der Waals surface area (Å²) in [7, 11) is 0. The molecule has 2 atom stereocenters. The van der Waals surface area contributed by atoms with Crippen molar-refractivity contribution in [2.24, 2.45) is 0 Å². The van der Waals surface area contributed by atoms with Crippen LogP contribution in [0.1, 0.15) is 34.0 Å². The van der Waals surface area contributed by atoms with Gasteiger partial charge in [0, 0.05) is 37.4 Å². The number of rotatable bonds is 4. The van der Waals surface area contributed by atoms with Crippen molar-refractivity contribution in [2.45, 2.75) is 32.4 Å². The molecule has 32 heavy (non-hydrogen) atoms. The van der Waals surface area contributed by atoms with Crippen molar-refractivity contribution >= 4 is 23.7 Å². The Bertz CT molecular complexity index is 1070. The van der Waals surface area contributed by atoms with Crippen molar-refractivity contribution in [3.8, 4) is 0 Å². The van der Waals surface area contributed by atoms with Crippen LogP contribution in [0.5, 0.6) is 0 Å². The highest BCUT2D eigenvalue weighted by atomic mass is 19.1. The minimum Gasteiger partial charge on any atom is -0.353 e. The second-order valence-electron chi connectivity index (χ2n) is 8.47. The van der Waals surface area contributed by atoms with E-state index in [0.29, 0.717) is 30.8 Å². The largest absolute Gasteiger partial charge is 0.353 e. The average Bonchev–Trinajstić information content (AvgIpc) is 3.07. The summed E-state index contributed by atoms with van der Waals surface area (Å²) in [5.41, 5.74) is 1.20. The number of imide groups is 1. The monoisotopic (exact) mass is 439 g/mol. The molecular weight excluding hydrogens is 413 g/mol. The first-order valence-corrected chi connectivity index (χ1v) is 10.5. The van der Waals surface area contributed by atoms with E-state index in [1.165, 1.54) is 12.1 Å². The van der Waals surface area contributed by atoms with Crippen molar-refractivity contribution in [2.75, 3.05) is 31.2 Å². The van der Waals surface area contributed by atoms with Gasteiger partial charge in [-0.3, -0.25) is 14.9 Å². The van der Waals surface area contributed by atoms with Gasteiger partial charge in [0.1, 0.15) is 12.5 Å². The topological polar surface area (TPSA) is 94.6 Å². The minimum atomic E-state index is -1.75. The minimum absolute atomic E-state index is 0.0319. The van der Waals surface area contributed by atoms with Gasteiger partial charge in [-0.2, -0.15) is 0 Å². The molecule has 0 aliphatic carbocycles. The number of anilines is 1. The number of aryl methyl sites for hydroxylation is 2. The van der Waals surface area contributed by atoms with Gasteiger partial charge in [0.15, 0.2) is 5.54 Å². The predicted octanol–water partition coefficient (Wildman–Crippen LogP) is 2.05. The van der Waals surface area contributed by atoms with Crippen LogP contribution in [0.2, 0.25) is 0 Å². The Kier molecular flexibility index (Phi) is 5.58. The Labute approximate surface area is 185 Å². The summed E-state index contributed by atoms with van der Waals surface area (Å²) in [6, 6.07) is 7.49. The zero-order valence-electron chi connectivity index (χ0n) is 18.3. The molecule has 2 saturated heterocycles. The number of aromatic nitrogens is 1. The lowest BCUT2D eigenvalue weighted by atomic mass is 9.90. The number of nitrogens with one attached hydrogen (secondary N) is 2. The van der Waals surface area contributed by atoms with Gasteiger partial charge in [0.05, 0.1) is 0 Å². The number of piperazine rings is 1. The molecule has 0 bridgehead atoms. The first-order valence-electron chi connectivity index (χ1n) is 10.5. The first-order chi connectivity index (χ1) is 15.2. The van der Waals surface area contributed by atoms with Crippen LogP contribution in [0.25, 0.3) is 0 Å². The molecule has 4 amide bonds. The highest BCUT2D eigenvalue weighted by molar-refractivity contribution is 6.07. The number of carbonyl (C=O) groups is 3. The van der Waals surface area contributed by atoms with E-state index >= 15 is 0 Å². The number of nitrogens with zero attached hydrogens (tertiary/aromatic N) is 3. The van der Waals surface area contributed by atoms with Gasteiger partial charge in [-0.25, -0.2) is 14.2 Å². The Morgan fingerprint density at radius 2 is 1.94 bits per heavy atom. The molecule has 2 aliphatic heterocycles. The fourth-order valence-electron chi connectivity index (χ4n) is 4.42. The van der Waals surface area contributed by atoms with Crippen molar-refractivity contribution in [3.05, 3.63) is 58.8 Å². The van der Waals surface area contributed by atoms with Crippen molar-refractivity contribution < 1.29 is 18.8 Å². The third-order valence-electron chi connectivity index (χ3n) is 6.14. The third-order valence-corrected chi connectivity index (χ3v) is 6.14. The van der Waals surface area contributed by atoms with Gasteiger partial charge < -0.3 is 15.1 Å². The lowest BCUT2D eigenvalue weighted by molar-refractivity contribution is -0.124.